The van der Waals surface area contributed by atoms with Crippen molar-refractivity contribution in [3.05, 3.63) is 28.2 Å². The smallest absolute Gasteiger partial charge is 0.324 e. The summed E-state index contributed by atoms with van der Waals surface area (Å²) in [5.41, 5.74) is 0. The predicted molar refractivity (Wildman–Crippen MR) is 70.1 cm³/mol. The third kappa shape index (κ3) is 4.05. The van der Waals surface area contributed by atoms with Gasteiger partial charge < -0.3 is 9.84 Å². The van der Waals surface area contributed by atoms with Crippen molar-refractivity contribution in [2.75, 3.05) is 13.7 Å². The minimum atomic E-state index is -4.16. The summed E-state index contributed by atoms with van der Waals surface area (Å²) >= 11 is 11.5. The molecule has 1 aromatic carbocycles. The zero-order chi connectivity index (χ0) is 14.6. The number of hydrogen-bond donors (Lipinski definition) is 2. The molecular weight excluding hydrogens is 317 g/mol. The maximum absolute atomic E-state index is 12.1. The molecule has 0 aliphatic heterocycles. The van der Waals surface area contributed by atoms with Crippen molar-refractivity contribution in [3.63, 3.8) is 0 Å². The second-order valence-electron chi connectivity index (χ2n) is 3.52. The summed E-state index contributed by atoms with van der Waals surface area (Å²) in [6, 6.07) is 2.73. The Morgan fingerprint density at radius 2 is 1.95 bits per heavy atom. The molecule has 1 aromatic rings. The van der Waals surface area contributed by atoms with Crippen LogP contribution in [0.3, 0.4) is 0 Å². The van der Waals surface area contributed by atoms with Crippen molar-refractivity contribution in [3.8, 4) is 0 Å². The van der Waals surface area contributed by atoms with E-state index in [2.05, 4.69) is 4.74 Å². The van der Waals surface area contributed by atoms with E-state index in [1.807, 2.05) is 4.72 Å². The first-order chi connectivity index (χ1) is 8.79. The van der Waals surface area contributed by atoms with Crippen LogP contribution in [-0.2, 0) is 19.6 Å². The Balaban J connectivity index is 3.14. The van der Waals surface area contributed by atoms with Gasteiger partial charge in [-0.05, 0) is 12.1 Å². The molecule has 0 radical (unpaired) electrons. The highest BCUT2D eigenvalue weighted by atomic mass is 35.5. The number of benzene rings is 1. The molecule has 1 rings (SSSR count). The number of ether oxygens (including phenoxy) is 1. The molecule has 0 fully saturated rings. The second kappa shape index (κ2) is 6.53. The summed E-state index contributed by atoms with van der Waals surface area (Å²) in [6.07, 6.45) is 0. The largest absolute Gasteiger partial charge is 0.480 e. The number of halogens is 2. The molecule has 19 heavy (non-hydrogen) atoms. The molecule has 2 N–H and O–H groups in total. The molecule has 0 heterocycles. The van der Waals surface area contributed by atoms with E-state index in [0.29, 0.717) is 0 Å². The van der Waals surface area contributed by atoms with Crippen LogP contribution >= 0.6 is 23.2 Å². The molecule has 0 aromatic heterocycles. The predicted octanol–water partition coefficient (Wildman–Crippen LogP) is 1.37. The summed E-state index contributed by atoms with van der Waals surface area (Å²) in [7, 11) is -2.91. The van der Waals surface area contributed by atoms with E-state index in [-0.39, 0.29) is 21.5 Å². The molecule has 0 saturated carbocycles. The van der Waals surface area contributed by atoms with Gasteiger partial charge in [0.1, 0.15) is 10.9 Å². The number of aliphatic carboxylic acids is 1. The third-order valence-corrected chi connectivity index (χ3v) is 4.54. The molecule has 9 heteroatoms. The molecule has 1 atom stereocenters. The number of nitrogens with one attached hydrogen (secondary N) is 1. The lowest BCUT2D eigenvalue weighted by atomic mass is 10.3. The minimum Gasteiger partial charge on any atom is -0.480 e. The lowest BCUT2D eigenvalue weighted by Gasteiger charge is -2.15. The lowest BCUT2D eigenvalue weighted by molar-refractivity contribution is -0.140. The first kappa shape index (κ1) is 16.2. The molecule has 0 saturated heterocycles. The molecule has 0 aliphatic rings. The minimum absolute atomic E-state index is 0.0958. The average molecular weight is 328 g/mol. The van der Waals surface area contributed by atoms with E-state index >= 15 is 0 Å². The summed E-state index contributed by atoms with van der Waals surface area (Å²) in [4.78, 5) is 10.5. The highest BCUT2D eigenvalue weighted by Gasteiger charge is 2.28. The van der Waals surface area contributed by atoms with E-state index < -0.39 is 22.0 Å². The number of carboxylic acids is 1. The Bertz CT molecular complexity index is 555. The van der Waals surface area contributed by atoms with Crippen molar-refractivity contribution < 1.29 is 23.1 Å². The Hall–Kier alpha value is -0.860. The number of methoxy groups -OCH3 is 1. The fraction of sp³-hybridized carbons (Fsp3) is 0.300. The van der Waals surface area contributed by atoms with Crippen LogP contribution in [0.15, 0.2) is 23.1 Å². The van der Waals surface area contributed by atoms with Gasteiger partial charge in [-0.25, -0.2) is 8.42 Å². The summed E-state index contributed by atoms with van der Waals surface area (Å²) in [5.74, 6) is -1.37. The molecule has 0 aliphatic carbocycles. The van der Waals surface area contributed by atoms with Crippen molar-refractivity contribution >= 4 is 39.2 Å². The van der Waals surface area contributed by atoms with Crippen LogP contribution < -0.4 is 4.72 Å². The van der Waals surface area contributed by atoms with Crippen molar-refractivity contribution in [1.82, 2.24) is 4.72 Å². The number of carbonyl (C=O) groups is 1. The SMILES string of the molecule is COCC(NS(=O)(=O)c1c(Cl)cccc1Cl)C(=O)O. The molecule has 0 bridgehead atoms. The van der Waals surface area contributed by atoms with Gasteiger partial charge in [-0.3, -0.25) is 4.79 Å². The highest BCUT2D eigenvalue weighted by molar-refractivity contribution is 7.89. The normalized spacial score (nSPS) is 13.2. The van der Waals surface area contributed by atoms with Gasteiger partial charge in [-0.1, -0.05) is 29.3 Å². The topological polar surface area (TPSA) is 92.7 Å². The number of sulfonamides is 1. The van der Waals surface area contributed by atoms with E-state index in [9.17, 15) is 13.2 Å². The molecule has 0 amide bonds. The van der Waals surface area contributed by atoms with Crippen LogP contribution in [0.5, 0.6) is 0 Å². The standard InChI is InChI=1S/C10H11Cl2NO5S/c1-18-5-8(10(14)15)13-19(16,17)9-6(11)3-2-4-7(9)12/h2-4,8,13H,5H2,1H3,(H,14,15). The Kier molecular flexibility index (Phi) is 5.57. The van der Waals surface area contributed by atoms with Gasteiger partial charge in [0.15, 0.2) is 0 Å². The van der Waals surface area contributed by atoms with Gasteiger partial charge >= 0.3 is 5.97 Å². The highest BCUT2D eigenvalue weighted by Crippen LogP contribution is 2.28. The van der Waals surface area contributed by atoms with Crippen LogP contribution in [0.4, 0.5) is 0 Å². The van der Waals surface area contributed by atoms with Crippen LogP contribution in [0.25, 0.3) is 0 Å². The number of rotatable bonds is 6. The lowest BCUT2D eigenvalue weighted by Crippen LogP contribution is -2.43. The number of carboxylic acid groups (broad SMARTS) is 1. The van der Waals surface area contributed by atoms with Gasteiger partial charge in [-0.15, -0.1) is 0 Å². The fourth-order valence-electron chi connectivity index (χ4n) is 1.31. The van der Waals surface area contributed by atoms with E-state index in [4.69, 9.17) is 28.3 Å². The van der Waals surface area contributed by atoms with Gasteiger partial charge in [0.25, 0.3) is 0 Å². The molecular formula is C10H11Cl2NO5S. The van der Waals surface area contributed by atoms with Gasteiger partial charge in [0.05, 0.1) is 16.7 Å². The Morgan fingerprint density at radius 3 is 2.37 bits per heavy atom. The summed E-state index contributed by atoms with van der Waals surface area (Å²) in [6.45, 7) is -0.323. The average Bonchev–Trinajstić information content (AvgIpc) is 2.27. The first-order valence-electron chi connectivity index (χ1n) is 4.97. The Morgan fingerprint density at radius 1 is 1.42 bits per heavy atom. The third-order valence-electron chi connectivity index (χ3n) is 2.12. The van der Waals surface area contributed by atoms with Crippen LogP contribution in [0.2, 0.25) is 10.0 Å². The van der Waals surface area contributed by atoms with Crippen molar-refractivity contribution in [2.45, 2.75) is 10.9 Å². The quantitative estimate of drug-likeness (QED) is 0.823. The van der Waals surface area contributed by atoms with Gasteiger partial charge in [-0.2, -0.15) is 4.72 Å². The fourth-order valence-corrected chi connectivity index (χ4v) is 3.63. The monoisotopic (exact) mass is 327 g/mol. The maximum Gasteiger partial charge on any atom is 0.324 e. The number of hydrogen-bond acceptors (Lipinski definition) is 4. The van der Waals surface area contributed by atoms with Crippen LogP contribution in [0, 0.1) is 0 Å². The van der Waals surface area contributed by atoms with E-state index in [1.54, 1.807) is 0 Å². The van der Waals surface area contributed by atoms with E-state index in [0.717, 1.165) is 0 Å². The van der Waals surface area contributed by atoms with Crippen molar-refractivity contribution in [2.24, 2.45) is 0 Å². The van der Waals surface area contributed by atoms with Crippen LogP contribution in [0.1, 0.15) is 0 Å². The summed E-state index contributed by atoms with van der Waals surface area (Å²) < 4.78 is 30.7. The Labute approximate surface area is 120 Å². The van der Waals surface area contributed by atoms with Gasteiger partial charge in [0, 0.05) is 7.11 Å². The second-order valence-corrected chi connectivity index (χ2v) is 5.98. The molecule has 1 unspecified atom stereocenters. The molecule has 0 spiro atoms. The van der Waals surface area contributed by atoms with E-state index in [1.165, 1.54) is 25.3 Å². The maximum atomic E-state index is 12.1. The summed E-state index contributed by atoms with van der Waals surface area (Å²) in [5, 5.41) is 8.69. The first-order valence-corrected chi connectivity index (χ1v) is 7.21. The zero-order valence-corrected chi connectivity index (χ0v) is 12.1. The van der Waals surface area contributed by atoms with Crippen molar-refractivity contribution in [1.29, 1.82) is 0 Å². The van der Waals surface area contributed by atoms with Gasteiger partial charge in [0.2, 0.25) is 10.0 Å². The van der Waals surface area contributed by atoms with Crippen LogP contribution in [-0.4, -0.2) is 39.3 Å². The molecule has 106 valence electrons. The molecule has 6 nitrogen and oxygen atoms in total. The zero-order valence-electron chi connectivity index (χ0n) is 9.76.